The summed E-state index contributed by atoms with van der Waals surface area (Å²) in [6, 6.07) is 1.63. The molecule has 0 spiro atoms. The van der Waals surface area contributed by atoms with Crippen LogP contribution in [0.15, 0.2) is 15.7 Å². The average molecular weight is 303 g/mol. The van der Waals surface area contributed by atoms with E-state index in [4.69, 9.17) is 5.11 Å². The summed E-state index contributed by atoms with van der Waals surface area (Å²) in [5.74, 6) is -1.47. The monoisotopic (exact) mass is 303 g/mol. The molecule has 2 unspecified atom stereocenters. The van der Waals surface area contributed by atoms with Gasteiger partial charge in [0.1, 0.15) is 4.21 Å². The number of carboxylic acid groups (broad SMARTS) is 1. The number of aliphatic carboxylic acids is 1. The molecule has 1 saturated heterocycles. The van der Waals surface area contributed by atoms with Gasteiger partial charge in [-0.1, -0.05) is 6.92 Å². The van der Waals surface area contributed by atoms with E-state index in [0.717, 1.165) is 5.56 Å². The van der Waals surface area contributed by atoms with Gasteiger partial charge in [-0.05, 0) is 36.3 Å². The van der Waals surface area contributed by atoms with Crippen LogP contribution in [0.5, 0.6) is 0 Å². The van der Waals surface area contributed by atoms with Crippen LogP contribution in [0.2, 0.25) is 0 Å². The molecule has 1 aliphatic rings. The van der Waals surface area contributed by atoms with Gasteiger partial charge in [0.05, 0.1) is 5.92 Å². The summed E-state index contributed by atoms with van der Waals surface area (Å²) in [6.07, 6.45) is 0.533. The highest BCUT2D eigenvalue weighted by Crippen LogP contribution is 2.29. The largest absolute Gasteiger partial charge is 0.481 e. The van der Waals surface area contributed by atoms with Crippen LogP contribution in [0.3, 0.4) is 0 Å². The third-order valence-electron chi connectivity index (χ3n) is 3.28. The molecule has 1 N–H and O–H groups in total. The number of rotatable bonds is 3. The van der Waals surface area contributed by atoms with Crippen molar-refractivity contribution in [2.75, 3.05) is 13.1 Å². The van der Waals surface area contributed by atoms with Gasteiger partial charge in [0.15, 0.2) is 0 Å². The summed E-state index contributed by atoms with van der Waals surface area (Å²) in [5.41, 5.74) is 0.906. The van der Waals surface area contributed by atoms with Crippen molar-refractivity contribution < 1.29 is 18.3 Å². The molecule has 5 nitrogen and oxygen atoms in total. The SMILES string of the molecule is Cc1csc(S(=O)(=O)N2CC(C)CC(C(=O)O)C2)c1. The van der Waals surface area contributed by atoms with E-state index in [0.29, 0.717) is 17.2 Å². The van der Waals surface area contributed by atoms with E-state index in [1.54, 1.807) is 11.4 Å². The van der Waals surface area contributed by atoms with E-state index < -0.39 is 21.9 Å². The lowest BCUT2D eigenvalue weighted by Crippen LogP contribution is -2.45. The molecule has 1 aromatic rings. The van der Waals surface area contributed by atoms with E-state index in [2.05, 4.69) is 0 Å². The molecule has 7 heteroatoms. The van der Waals surface area contributed by atoms with E-state index in [1.807, 2.05) is 13.8 Å². The lowest BCUT2D eigenvalue weighted by molar-refractivity contribution is -0.143. The van der Waals surface area contributed by atoms with Gasteiger partial charge >= 0.3 is 5.97 Å². The average Bonchev–Trinajstić information content (AvgIpc) is 2.75. The highest BCUT2D eigenvalue weighted by Gasteiger charge is 2.36. The lowest BCUT2D eigenvalue weighted by atomic mass is 9.92. The van der Waals surface area contributed by atoms with Crippen molar-refractivity contribution in [2.45, 2.75) is 24.5 Å². The Hall–Kier alpha value is -0.920. The summed E-state index contributed by atoms with van der Waals surface area (Å²) in [7, 11) is -3.55. The standard InChI is InChI=1S/C12H17NO4S2/c1-8-3-10(12(14)15)6-13(5-8)19(16,17)11-4-9(2)7-18-11/h4,7-8,10H,3,5-6H2,1-2H3,(H,14,15). The van der Waals surface area contributed by atoms with Gasteiger partial charge in [0, 0.05) is 13.1 Å². The summed E-state index contributed by atoms with van der Waals surface area (Å²) in [4.78, 5) is 11.1. The van der Waals surface area contributed by atoms with Gasteiger partial charge in [-0.2, -0.15) is 4.31 Å². The Kier molecular flexibility index (Phi) is 3.98. The third kappa shape index (κ3) is 2.98. The molecule has 0 aromatic carbocycles. The number of carboxylic acids is 1. The predicted octanol–water partition coefficient (Wildman–Crippen LogP) is 1.79. The van der Waals surface area contributed by atoms with Crippen molar-refractivity contribution in [2.24, 2.45) is 11.8 Å². The zero-order valence-electron chi connectivity index (χ0n) is 10.9. The normalized spacial score (nSPS) is 25.4. The van der Waals surface area contributed by atoms with Crippen LogP contribution in [-0.2, 0) is 14.8 Å². The Bertz CT molecular complexity index is 578. The van der Waals surface area contributed by atoms with Crippen LogP contribution in [0.1, 0.15) is 18.9 Å². The van der Waals surface area contributed by atoms with Gasteiger partial charge in [0.25, 0.3) is 10.0 Å². The molecule has 0 bridgehead atoms. The van der Waals surface area contributed by atoms with Crippen molar-refractivity contribution in [1.29, 1.82) is 0 Å². The minimum absolute atomic E-state index is 0.0608. The molecule has 2 rings (SSSR count). The summed E-state index contributed by atoms with van der Waals surface area (Å²) >= 11 is 1.18. The van der Waals surface area contributed by atoms with Crippen molar-refractivity contribution >= 4 is 27.3 Å². The molecule has 0 saturated carbocycles. The Balaban J connectivity index is 2.27. The fourth-order valence-electron chi connectivity index (χ4n) is 2.35. The molecule has 1 fully saturated rings. The second kappa shape index (κ2) is 5.22. The first-order valence-corrected chi connectivity index (χ1v) is 8.40. The maximum Gasteiger partial charge on any atom is 0.307 e. The molecule has 0 radical (unpaired) electrons. The molecule has 0 amide bonds. The second-order valence-electron chi connectivity index (χ2n) is 5.14. The maximum atomic E-state index is 12.5. The minimum atomic E-state index is -3.55. The van der Waals surface area contributed by atoms with Gasteiger partial charge in [-0.15, -0.1) is 11.3 Å². The zero-order valence-corrected chi connectivity index (χ0v) is 12.5. The van der Waals surface area contributed by atoms with Crippen molar-refractivity contribution in [3.63, 3.8) is 0 Å². The summed E-state index contributed by atoms with van der Waals surface area (Å²) in [6.45, 7) is 4.19. The Morgan fingerprint density at radius 3 is 2.68 bits per heavy atom. The van der Waals surface area contributed by atoms with Crippen LogP contribution >= 0.6 is 11.3 Å². The van der Waals surface area contributed by atoms with E-state index in [-0.39, 0.29) is 12.5 Å². The highest BCUT2D eigenvalue weighted by atomic mass is 32.2. The zero-order chi connectivity index (χ0) is 14.2. The van der Waals surface area contributed by atoms with Gasteiger partial charge in [-0.3, -0.25) is 4.79 Å². The van der Waals surface area contributed by atoms with E-state index >= 15 is 0 Å². The number of carbonyl (C=O) groups is 1. The van der Waals surface area contributed by atoms with Crippen molar-refractivity contribution in [3.8, 4) is 0 Å². The topological polar surface area (TPSA) is 74.7 Å². The van der Waals surface area contributed by atoms with Crippen LogP contribution in [0.25, 0.3) is 0 Å². The Morgan fingerprint density at radius 2 is 2.16 bits per heavy atom. The molecular weight excluding hydrogens is 286 g/mol. The Labute approximate surface area is 116 Å². The lowest BCUT2D eigenvalue weighted by Gasteiger charge is -2.33. The number of hydrogen-bond donors (Lipinski definition) is 1. The fraction of sp³-hybridized carbons (Fsp3) is 0.583. The van der Waals surface area contributed by atoms with Gasteiger partial charge in [0.2, 0.25) is 0 Å². The van der Waals surface area contributed by atoms with E-state index in [1.165, 1.54) is 15.6 Å². The molecule has 2 atom stereocenters. The van der Waals surface area contributed by atoms with Crippen molar-refractivity contribution in [3.05, 3.63) is 17.0 Å². The number of hydrogen-bond acceptors (Lipinski definition) is 4. The minimum Gasteiger partial charge on any atom is -0.481 e. The molecular formula is C12H17NO4S2. The van der Waals surface area contributed by atoms with Crippen molar-refractivity contribution in [1.82, 2.24) is 4.31 Å². The quantitative estimate of drug-likeness (QED) is 0.923. The van der Waals surface area contributed by atoms with Crippen LogP contribution in [0, 0.1) is 18.8 Å². The molecule has 106 valence electrons. The highest BCUT2D eigenvalue weighted by molar-refractivity contribution is 7.91. The molecule has 19 heavy (non-hydrogen) atoms. The molecule has 0 aliphatic carbocycles. The number of nitrogens with zero attached hydrogens (tertiary/aromatic N) is 1. The maximum absolute atomic E-state index is 12.5. The third-order valence-corrected chi connectivity index (χ3v) is 6.64. The smallest absolute Gasteiger partial charge is 0.307 e. The number of aryl methyl sites for hydroxylation is 1. The molecule has 2 heterocycles. The summed E-state index contributed by atoms with van der Waals surface area (Å²) < 4.78 is 26.5. The molecule has 1 aromatic heterocycles. The Morgan fingerprint density at radius 1 is 1.47 bits per heavy atom. The summed E-state index contributed by atoms with van der Waals surface area (Å²) in [5, 5.41) is 10.9. The number of sulfonamides is 1. The van der Waals surface area contributed by atoms with E-state index in [9.17, 15) is 13.2 Å². The van der Waals surface area contributed by atoms with Gasteiger partial charge < -0.3 is 5.11 Å². The first kappa shape index (κ1) is 14.5. The predicted molar refractivity (Wildman–Crippen MR) is 72.7 cm³/mol. The van der Waals surface area contributed by atoms with Gasteiger partial charge in [-0.25, -0.2) is 8.42 Å². The number of piperidine rings is 1. The molecule has 1 aliphatic heterocycles. The van der Waals surface area contributed by atoms with Crippen LogP contribution in [0.4, 0.5) is 0 Å². The first-order chi connectivity index (χ1) is 8.80. The number of thiophene rings is 1. The fourth-order valence-corrected chi connectivity index (χ4v) is 5.33. The van der Waals surface area contributed by atoms with Crippen LogP contribution in [-0.4, -0.2) is 36.9 Å². The second-order valence-corrected chi connectivity index (χ2v) is 8.22. The van der Waals surface area contributed by atoms with Crippen LogP contribution < -0.4 is 0 Å². The first-order valence-electron chi connectivity index (χ1n) is 6.09.